The lowest BCUT2D eigenvalue weighted by molar-refractivity contribution is -0.139. The minimum absolute atomic E-state index is 0.0497. The lowest BCUT2D eigenvalue weighted by Crippen LogP contribution is -2.49. The zero-order chi connectivity index (χ0) is 15.7. The van der Waals surface area contributed by atoms with E-state index in [0.717, 1.165) is 0 Å². The molecule has 0 saturated carbocycles. The largest absolute Gasteiger partial charge is 0.480 e. The fraction of sp³-hybridized carbons (Fsp3) is 0.600. The fourth-order valence-corrected chi connectivity index (χ4v) is 1.76. The van der Waals surface area contributed by atoms with Crippen molar-refractivity contribution in [1.29, 1.82) is 0 Å². The molecule has 0 spiro atoms. The topological polar surface area (TPSA) is 159 Å². The van der Waals surface area contributed by atoms with Crippen LogP contribution in [0.5, 0.6) is 0 Å². The van der Waals surface area contributed by atoms with Gasteiger partial charge in [-0.3, -0.25) is 19.2 Å². The Kier molecular flexibility index (Phi) is 8.79. The average molecular weight is 401 g/mol. The van der Waals surface area contributed by atoms with Gasteiger partial charge in [-0.1, -0.05) is 22.6 Å². The van der Waals surface area contributed by atoms with Crippen molar-refractivity contribution in [3.05, 3.63) is 0 Å². The number of aliphatic carboxylic acids is 2. The molecule has 0 rings (SSSR count). The number of nitrogens with one attached hydrogen (secondary N) is 2. The molecule has 2 amide bonds. The fourth-order valence-electron chi connectivity index (χ4n) is 1.14. The van der Waals surface area contributed by atoms with Crippen LogP contribution in [0.4, 0.5) is 0 Å². The number of carboxylic acid groups (broad SMARTS) is 2. The van der Waals surface area contributed by atoms with E-state index in [1.54, 1.807) is 0 Å². The van der Waals surface area contributed by atoms with Crippen molar-refractivity contribution in [1.82, 2.24) is 10.6 Å². The standard InChI is InChI=1S/C10H16IN3O6/c11-3-6(9(18)13-4-8(16)17)14-7(15)2-1-5(12)10(19)20/h5-6H,1-4,12H2,(H,13,18)(H,14,15)(H,16,17)(H,19,20). The molecule has 2 unspecified atom stereocenters. The van der Waals surface area contributed by atoms with E-state index in [1.165, 1.54) is 0 Å². The molecule has 10 heteroatoms. The molecule has 9 nitrogen and oxygen atoms in total. The number of amides is 2. The molecule has 0 bridgehead atoms. The summed E-state index contributed by atoms with van der Waals surface area (Å²) in [6.07, 6.45) is -0.182. The number of nitrogens with two attached hydrogens (primary N) is 1. The third-order valence-corrected chi connectivity index (χ3v) is 3.10. The molecular formula is C10H16IN3O6. The minimum atomic E-state index is -1.21. The Morgan fingerprint density at radius 1 is 1.20 bits per heavy atom. The number of carbonyl (C=O) groups is 4. The number of hydrogen-bond acceptors (Lipinski definition) is 5. The van der Waals surface area contributed by atoms with Crippen molar-refractivity contribution in [3.8, 4) is 0 Å². The normalized spacial score (nSPS) is 13.1. The summed E-state index contributed by atoms with van der Waals surface area (Å²) in [4.78, 5) is 43.8. The average Bonchev–Trinajstić information content (AvgIpc) is 2.38. The highest BCUT2D eigenvalue weighted by Gasteiger charge is 2.21. The zero-order valence-corrected chi connectivity index (χ0v) is 12.6. The molecule has 6 N–H and O–H groups in total. The van der Waals surface area contributed by atoms with Gasteiger partial charge < -0.3 is 26.6 Å². The molecule has 0 aliphatic rings. The van der Waals surface area contributed by atoms with Gasteiger partial charge in [0.1, 0.15) is 18.6 Å². The Morgan fingerprint density at radius 3 is 2.25 bits per heavy atom. The molecule has 0 aromatic rings. The second kappa shape index (κ2) is 9.47. The minimum Gasteiger partial charge on any atom is -0.480 e. The van der Waals surface area contributed by atoms with Crippen LogP contribution in [0.25, 0.3) is 0 Å². The van der Waals surface area contributed by atoms with E-state index in [0.29, 0.717) is 0 Å². The Bertz CT molecular complexity index is 389. The zero-order valence-electron chi connectivity index (χ0n) is 10.5. The Morgan fingerprint density at radius 2 is 1.80 bits per heavy atom. The van der Waals surface area contributed by atoms with Crippen molar-refractivity contribution in [3.63, 3.8) is 0 Å². The maximum atomic E-state index is 11.5. The summed E-state index contributed by atoms with van der Waals surface area (Å²) < 4.78 is 0.250. The predicted molar refractivity (Wildman–Crippen MR) is 76.3 cm³/mol. The van der Waals surface area contributed by atoms with Gasteiger partial charge >= 0.3 is 11.9 Å². The summed E-state index contributed by atoms with van der Waals surface area (Å²) in [6.45, 7) is -0.536. The number of alkyl halides is 1. The van der Waals surface area contributed by atoms with E-state index < -0.39 is 42.4 Å². The van der Waals surface area contributed by atoms with Gasteiger partial charge in [-0.15, -0.1) is 0 Å². The van der Waals surface area contributed by atoms with Gasteiger partial charge in [-0.05, 0) is 6.42 Å². The highest BCUT2D eigenvalue weighted by Crippen LogP contribution is 1.98. The molecule has 0 aromatic heterocycles. The summed E-state index contributed by atoms with van der Waals surface area (Å²) in [5.74, 6) is -3.53. The van der Waals surface area contributed by atoms with Gasteiger partial charge in [0.25, 0.3) is 0 Å². The summed E-state index contributed by atoms with van der Waals surface area (Å²) >= 11 is 1.87. The molecular weight excluding hydrogens is 385 g/mol. The van der Waals surface area contributed by atoms with Crippen LogP contribution < -0.4 is 16.4 Å². The lowest BCUT2D eigenvalue weighted by atomic mass is 10.1. The second-order valence-corrected chi connectivity index (χ2v) is 4.75. The third kappa shape index (κ3) is 7.89. The van der Waals surface area contributed by atoms with E-state index in [-0.39, 0.29) is 17.3 Å². The van der Waals surface area contributed by atoms with E-state index in [2.05, 4.69) is 10.6 Å². The highest BCUT2D eigenvalue weighted by molar-refractivity contribution is 14.1. The first kappa shape index (κ1) is 18.6. The van der Waals surface area contributed by atoms with E-state index in [9.17, 15) is 19.2 Å². The van der Waals surface area contributed by atoms with Crippen LogP contribution in [-0.4, -0.2) is 57.0 Å². The molecule has 2 atom stereocenters. The summed E-state index contributed by atoms with van der Waals surface area (Å²) in [6, 6.07) is -2.01. The maximum absolute atomic E-state index is 11.5. The van der Waals surface area contributed by atoms with Gasteiger partial charge in [-0.2, -0.15) is 0 Å². The molecule has 20 heavy (non-hydrogen) atoms. The molecule has 0 fully saturated rings. The predicted octanol–water partition coefficient (Wildman–Crippen LogP) is -1.70. The molecule has 0 radical (unpaired) electrons. The van der Waals surface area contributed by atoms with Crippen LogP contribution in [0.3, 0.4) is 0 Å². The van der Waals surface area contributed by atoms with E-state index in [1.807, 2.05) is 22.6 Å². The van der Waals surface area contributed by atoms with Crippen LogP contribution >= 0.6 is 22.6 Å². The quantitative estimate of drug-likeness (QED) is 0.228. The van der Waals surface area contributed by atoms with Crippen molar-refractivity contribution in [2.75, 3.05) is 11.0 Å². The first-order valence-electron chi connectivity index (χ1n) is 5.61. The summed E-state index contributed by atoms with van der Waals surface area (Å²) in [5, 5.41) is 21.5. The smallest absolute Gasteiger partial charge is 0.322 e. The van der Waals surface area contributed by atoms with Crippen molar-refractivity contribution in [2.24, 2.45) is 5.73 Å². The highest BCUT2D eigenvalue weighted by atomic mass is 127. The number of hydrogen-bond donors (Lipinski definition) is 5. The monoisotopic (exact) mass is 401 g/mol. The van der Waals surface area contributed by atoms with E-state index >= 15 is 0 Å². The first-order chi connectivity index (χ1) is 9.27. The van der Waals surface area contributed by atoms with Crippen molar-refractivity contribution in [2.45, 2.75) is 24.9 Å². The molecule has 0 aromatic carbocycles. The van der Waals surface area contributed by atoms with Crippen LogP contribution in [-0.2, 0) is 19.2 Å². The third-order valence-electron chi connectivity index (χ3n) is 2.22. The van der Waals surface area contributed by atoms with Gasteiger partial charge in [0, 0.05) is 10.8 Å². The van der Waals surface area contributed by atoms with Gasteiger partial charge in [0.15, 0.2) is 0 Å². The first-order valence-corrected chi connectivity index (χ1v) is 7.13. The van der Waals surface area contributed by atoms with Crippen LogP contribution in [0.2, 0.25) is 0 Å². The number of halogens is 1. The van der Waals surface area contributed by atoms with Crippen LogP contribution in [0.15, 0.2) is 0 Å². The molecule has 114 valence electrons. The maximum Gasteiger partial charge on any atom is 0.322 e. The van der Waals surface area contributed by atoms with Crippen LogP contribution in [0.1, 0.15) is 12.8 Å². The Balaban J connectivity index is 4.21. The van der Waals surface area contributed by atoms with Gasteiger partial charge in [0.05, 0.1) is 0 Å². The molecule has 0 aliphatic heterocycles. The number of rotatable bonds is 9. The second-order valence-electron chi connectivity index (χ2n) is 3.87. The summed E-state index contributed by atoms with van der Waals surface area (Å²) in [5.41, 5.74) is 5.24. The Hall–Kier alpha value is -1.43. The number of carbonyl (C=O) groups excluding carboxylic acids is 2. The van der Waals surface area contributed by atoms with Crippen molar-refractivity contribution >= 4 is 46.3 Å². The van der Waals surface area contributed by atoms with Crippen LogP contribution in [0, 0.1) is 0 Å². The molecule has 0 saturated heterocycles. The lowest BCUT2D eigenvalue weighted by Gasteiger charge is -2.15. The Labute approximate surface area is 128 Å². The SMILES string of the molecule is NC(CCC(=O)NC(CI)C(=O)NCC(=O)O)C(=O)O. The van der Waals surface area contributed by atoms with E-state index in [4.69, 9.17) is 15.9 Å². The number of carboxylic acids is 2. The van der Waals surface area contributed by atoms with Gasteiger partial charge in [-0.25, -0.2) is 0 Å². The van der Waals surface area contributed by atoms with Gasteiger partial charge in [0.2, 0.25) is 11.8 Å². The summed E-state index contributed by atoms with van der Waals surface area (Å²) in [7, 11) is 0. The molecule has 0 heterocycles. The molecule has 0 aliphatic carbocycles. The van der Waals surface area contributed by atoms with Crippen molar-refractivity contribution < 1.29 is 29.4 Å².